The zero-order chi connectivity index (χ0) is 13.1. The van der Waals surface area contributed by atoms with Crippen molar-refractivity contribution < 1.29 is 13.7 Å². The van der Waals surface area contributed by atoms with E-state index in [0.717, 1.165) is 0 Å². The topological polar surface area (TPSA) is 68.0 Å². The average molecular weight is 314 g/mol. The Bertz CT molecular complexity index is 585. The van der Waals surface area contributed by atoms with Crippen molar-refractivity contribution in [2.45, 2.75) is 13.5 Å². The molecular weight excluding hydrogens is 305 g/mol. The molecule has 1 heterocycles. The highest BCUT2D eigenvalue weighted by atomic mass is 79.9. The number of rotatable bonds is 3. The molecule has 1 aromatic carbocycles. The van der Waals surface area contributed by atoms with Gasteiger partial charge in [0.05, 0.1) is 16.6 Å². The summed E-state index contributed by atoms with van der Waals surface area (Å²) in [4.78, 5) is 15.7. The fourth-order valence-corrected chi connectivity index (χ4v) is 1.79. The number of hydrogen-bond donors (Lipinski definition) is 1. The van der Waals surface area contributed by atoms with Gasteiger partial charge in [-0.3, -0.25) is 4.79 Å². The Kier molecular flexibility index (Phi) is 3.71. The van der Waals surface area contributed by atoms with Crippen molar-refractivity contribution in [2.24, 2.45) is 0 Å². The van der Waals surface area contributed by atoms with E-state index in [2.05, 4.69) is 31.4 Å². The van der Waals surface area contributed by atoms with Crippen LogP contribution < -0.4 is 5.32 Å². The molecule has 2 aromatic rings. The molecule has 0 fully saturated rings. The highest BCUT2D eigenvalue weighted by Crippen LogP contribution is 2.20. The largest absolute Gasteiger partial charge is 0.343 e. The summed E-state index contributed by atoms with van der Waals surface area (Å²) in [6.07, 6.45) is 0. The number of nitrogens with zero attached hydrogens (tertiary/aromatic N) is 2. The molecule has 1 aromatic heterocycles. The maximum absolute atomic E-state index is 13.2. The number of hydrogen-bond acceptors (Lipinski definition) is 4. The van der Waals surface area contributed by atoms with Gasteiger partial charge in [0.2, 0.25) is 5.89 Å². The lowest BCUT2D eigenvalue weighted by Crippen LogP contribution is -2.23. The number of amides is 1. The Hall–Kier alpha value is -1.76. The van der Waals surface area contributed by atoms with E-state index in [1.807, 2.05) is 0 Å². The van der Waals surface area contributed by atoms with E-state index < -0.39 is 11.7 Å². The molecule has 1 N–H and O–H groups in total. The molecule has 94 valence electrons. The van der Waals surface area contributed by atoms with Crippen LogP contribution in [0.25, 0.3) is 0 Å². The minimum atomic E-state index is -0.490. The maximum atomic E-state index is 13.2. The average Bonchev–Trinajstić information content (AvgIpc) is 2.76. The minimum Gasteiger partial charge on any atom is -0.343 e. The summed E-state index contributed by atoms with van der Waals surface area (Å²) < 4.78 is 18.2. The van der Waals surface area contributed by atoms with Gasteiger partial charge in [-0.15, -0.1) is 0 Å². The number of aryl methyl sites for hydroxylation is 1. The molecule has 0 atom stereocenters. The van der Waals surface area contributed by atoms with Crippen LogP contribution in [0, 0.1) is 12.7 Å². The molecule has 0 bridgehead atoms. The number of benzene rings is 1. The van der Waals surface area contributed by atoms with Crippen LogP contribution in [-0.4, -0.2) is 16.0 Å². The molecule has 0 saturated heterocycles. The van der Waals surface area contributed by atoms with Crippen molar-refractivity contribution in [2.75, 3.05) is 0 Å². The number of carbonyl (C=O) groups excluding carboxylic acids is 1. The molecule has 18 heavy (non-hydrogen) atoms. The fourth-order valence-electron chi connectivity index (χ4n) is 1.34. The first-order valence-electron chi connectivity index (χ1n) is 5.09. The van der Waals surface area contributed by atoms with Gasteiger partial charge in [0.1, 0.15) is 5.82 Å². The van der Waals surface area contributed by atoms with Gasteiger partial charge in [-0.25, -0.2) is 4.39 Å². The van der Waals surface area contributed by atoms with Crippen LogP contribution in [-0.2, 0) is 6.54 Å². The summed E-state index contributed by atoms with van der Waals surface area (Å²) >= 11 is 3.02. The first kappa shape index (κ1) is 12.7. The summed E-state index contributed by atoms with van der Waals surface area (Å²) in [5.74, 6) is -0.118. The molecule has 0 aliphatic rings. The van der Waals surface area contributed by atoms with Gasteiger partial charge >= 0.3 is 0 Å². The molecule has 0 aliphatic carbocycles. The number of aromatic nitrogens is 2. The van der Waals surface area contributed by atoms with Crippen LogP contribution >= 0.6 is 15.9 Å². The second-order valence-corrected chi connectivity index (χ2v) is 4.31. The van der Waals surface area contributed by atoms with Crippen LogP contribution in [0.2, 0.25) is 0 Å². The van der Waals surface area contributed by atoms with Crippen molar-refractivity contribution in [1.29, 1.82) is 0 Å². The smallest absolute Gasteiger partial charge is 0.252 e. The van der Waals surface area contributed by atoms with Crippen molar-refractivity contribution in [3.63, 3.8) is 0 Å². The van der Waals surface area contributed by atoms with E-state index in [0.29, 0.717) is 11.7 Å². The van der Waals surface area contributed by atoms with Crippen molar-refractivity contribution in [1.82, 2.24) is 15.5 Å². The van der Waals surface area contributed by atoms with Gasteiger partial charge in [0.15, 0.2) is 5.82 Å². The third-order valence-corrected chi connectivity index (χ3v) is 2.97. The van der Waals surface area contributed by atoms with Crippen LogP contribution in [0.3, 0.4) is 0 Å². The molecule has 7 heteroatoms. The standard InChI is InChI=1S/C11H9BrFN3O2/c1-6-15-9(18-16-6)5-14-11(17)7-3-2-4-8(13)10(7)12/h2-4H,5H2,1H3,(H,14,17). The number of carbonyl (C=O) groups is 1. The zero-order valence-electron chi connectivity index (χ0n) is 9.41. The lowest BCUT2D eigenvalue weighted by atomic mass is 10.2. The number of halogens is 2. The molecule has 1 amide bonds. The van der Waals surface area contributed by atoms with Gasteiger partial charge in [0, 0.05) is 0 Å². The Morgan fingerprint density at radius 1 is 1.56 bits per heavy atom. The van der Waals surface area contributed by atoms with E-state index in [9.17, 15) is 9.18 Å². The highest BCUT2D eigenvalue weighted by Gasteiger charge is 2.13. The highest BCUT2D eigenvalue weighted by molar-refractivity contribution is 9.10. The first-order chi connectivity index (χ1) is 8.58. The Balaban J connectivity index is 2.06. The van der Waals surface area contributed by atoms with Gasteiger partial charge in [-0.2, -0.15) is 4.98 Å². The summed E-state index contributed by atoms with van der Waals surface area (Å²) in [5.41, 5.74) is 0.214. The van der Waals surface area contributed by atoms with Crippen LogP contribution in [0.1, 0.15) is 22.1 Å². The van der Waals surface area contributed by atoms with Gasteiger partial charge in [0.25, 0.3) is 5.91 Å². The Morgan fingerprint density at radius 2 is 2.33 bits per heavy atom. The molecule has 2 rings (SSSR count). The zero-order valence-corrected chi connectivity index (χ0v) is 11.0. The van der Waals surface area contributed by atoms with Gasteiger partial charge in [-0.1, -0.05) is 11.2 Å². The third kappa shape index (κ3) is 2.73. The molecule has 5 nitrogen and oxygen atoms in total. The second-order valence-electron chi connectivity index (χ2n) is 3.52. The Labute approximate surface area is 111 Å². The summed E-state index contributed by atoms with van der Waals surface area (Å²) in [6.45, 7) is 1.78. The molecule has 0 unspecified atom stereocenters. The molecular formula is C11H9BrFN3O2. The van der Waals surface area contributed by atoms with Gasteiger partial charge in [-0.05, 0) is 35.0 Å². The van der Waals surface area contributed by atoms with Crippen molar-refractivity contribution in [3.05, 3.63) is 45.8 Å². The molecule has 0 radical (unpaired) electrons. The van der Waals surface area contributed by atoms with Crippen molar-refractivity contribution in [3.8, 4) is 0 Å². The van der Waals surface area contributed by atoms with E-state index in [4.69, 9.17) is 4.52 Å². The van der Waals surface area contributed by atoms with Crippen molar-refractivity contribution >= 4 is 21.8 Å². The lowest BCUT2D eigenvalue weighted by molar-refractivity contribution is 0.0945. The normalized spacial score (nSPS) is 10.4. The first-order valence-corrected chi connectivity index (χ1v) is 5.88. The van der Waals surface area contributed by atoms with Crippen LogP contribution in [0.15, 0.2) is 27.2 Å². The maximum Gasteiger partial charge on any atom is 0.252 e. The molecule has 0 saturated carbocycles. The predicted molar refractivity (Wildman–Crippen MR) is 64.3 cm³/mol. The fraction of sp³-hybridized carbons (Fsp3) is 0.182. The third-order valence-electron chi connectivity index (χ3n) is 2.17. The number of nitrogens with one attached hydrogen (secondary N) is 1. The van der Waals surface area contributed by atoms with Crippen LogP contribution in [0.4, 0.5) is 4.39 Å². The van der Waals surface area contributed by atoms with Crippen LogP contribution in [0.5, 0.6) is 0 Å². The molecule has 0 aliphatic heterocycles. The quantitative estimate of drug-likeness (QED) is 0.943. The van der Waals surface area contributed by atoms with E-state index in [1.54, 1.807) is 6.92 Å². The lowest BCUT2D eigenvalue weighted by Gasteiger charge is -2.05. The summed E-state index contributed by atoms with van der Waals surface area (Å²) in [5, 5.41) is 6.16. The van der Waals surface area contributed by atoms with Gasteiger partial charge < -0.3 is 9.84 Å². The Morgan fingerprint density at radius 3 is 3.00 bits per heavy atom. The van der Waals surface area contributed by atoms with E-state index in [-0.39, 0.29) is 16.6 Å². The van der Waals surface area contributed by atoms with E-state index >= 15 is 0 Å². The van der Waals surface area contributed by atoms with E-state index in [1.165, 1.54) is 18.2 Å². The minimum absolute atomic E-state index is 0.0998. The SMILES string of the molecule is Cc1noc(CNC(=O)c2cccc(F)c2Br)n1. The monoisotopic (exact) mass is 313 g/mol. The predicted octanol–water partition coefficient (Wildman–Crippen LogP) is 2.21. The molecule has 0 spiro atoms. The summed E-state index contributed by atoms with van der Waals surface area (Å²) in [6, 6.07) is 4.25. The second kappa shape index (κ2) is 5.26. The summed E-state index contributed by atoms with van der Waals surface area (Å²) in [7, 11) is 0.